The van der Waals surface area contributed by atoms with Gasteiger partial charge in [-0.25, -0.2) is 0 Å². The van der Waals surface area contributed by atoms with Gasteiger partial charge in [-0.3, -0.25) is 4.21 Å². The van der Waals surface area contributed by atoms with Gasteiger partial charge in [0.15, 0.2) is 0 Å². The number of rotatable bonds is 2. The predicted molar refractivity (Wildman–Crippen MR) is 57.2 cm³/mol. The zero-order chi connectivity index (χ0) is 9.62. The summed E-state index contributed by atoms with van der Waals surface area (Å²) in [6.45, 7) is 6.62. The van der Waals surface area contributed by atoms with E-state index in [1.54, 1.807) is 0 Å². The highest BCUT2D eigenvalue weighted by Crippen LogP contribution is 2.50. The third-order valence-corrected chi connectivity index (χ3v) is 4.96. The quantitative estimate of drug-likeness (QED) is 0.608. The van der Waals surface area contributed by atoms with Gasteiger partial charge in [0.05, 0.1) is 0 Å². The van der Waals surface area contributed by atoms with E-state index in [1.165, 1.54) is 0 Å². The molecule has 1 atom stereocenters. The lowest BCUT2D eigenvalue weighted by Gasteiger charge is -2.26. The number of hydrogen-bond acceptors (Lipinski definition) is 1. The van der Waals surface area contributed by atoms with E-state index in [2.05, 4.69) is 26.6 Å². The first kappa shape index (κ1) is 10.1. The Morgan fingerprint density at radius 2 is 1.83 bits per heavy atom. The molecule has 0 aromatic carbocycles. The van der Waals surface area contributed by atoms with Gasteiger partial charge >= 0.3 is 0 Å². The molecular weight excluding hydrogens is 168 g/mol. The predicted octanol–water partition coefficient (Wildman–Crippen LogP) is 2.30. The zero-order valence-electron chi connectivity index (χ0n) is 8.64. The Hall–Kier alpha value is 0.0200. The zero-order valence-corrected chi connectivity index (χ0v) is 9.46. The Morgan fingerprint density at radius 1 is 1.42 bits per heavy atom. The van der Waals surface area contributed by atoms with E-state index in [1.807, 2.05) is 6.26 Å². The molecule has 1 fully saturated rings. The van der Waals surface area contributed by atoms with Crippen molar-refractivity contribution >= 4 is 15.4 Å². The molecule has 0 heterocycles. The van der Waals surface area contributed by atoms with Gasteiger partial charge in [-0.15, -0.1) is 0 Å². The Balaban J connectivity index is 2.77. The van der Waals surface area contributed by atoms with Crippen molar-refractivity contribution in [2.75, 3.05) is 6.26 Å². The summed E-state index contributed by atoms with van der Waals surface area (Å²) in [4.78, 5) is 0. The molecular formula is C10H20OS. The molecule has 1 rings (SSSR count). The third-order valence-electron chi connectivity index (χ3n) is 2.58. The molecule has 72 valence electrons. The molecule has 1 saturated carbocycles. The maximum Gasteiger partial charge on any atom is 0.0387 e. The van der Waals surface area contributed by atoms with Crippen LogP contribution in [0.4, 0.5) is 0 Å². The number of hydrogen-bond donors (Lipinski definition) is 0. The second-order valence-electron chi connectivity index (χ2n) is 5.43. The van der Waals surface area contributed by atoms with Crippen LogP contribution in [0.3, 0.4) is 0 Å². The summed E-state index contributed by atoms with van der Waals surface area (Å²) in [6.07, 6.45) is 5.09. The van der Waals surface area contributed by atoms with Crippen LogP contribution in [0, 0.1) is 5.41 Å². The smallest absolute Gasteiger partial charge is 0.0387 e. The van der Waals surface area contributed by atoms with Crippen LogP contribution in [0.2, 0.25) is 0 Å². The average molecular weight is 188 g/mol. The molecule has 0 amide bonds. The summed E-state index contributed by atoms with van der Waals surface area (Å²) >= 11 is 0. The fourth-order valence-corrected chi connectivity index (χ4v) is 3.57. The largest absolute Gasteiger partial charge is 0.268 e. The first-order valence-corrected chi connectivity index (χ1v) is 6.62. The monoisotopic (exact) mass is 188 g/mol. The van der Waals surface area contributed by atoms with E-state index in [9.17, 15) is 4.21 Å². The van der Waals surface area contributed by atoms with Crippen LogP contribution in [-0.2, 0) is 9.52 Å². The van der Waals surface area contributed by atoms with Crippen molar-refractivity contribution in [3.8, 4) is 0 Å². The van der Waals surface area contributed by atoms with Crippen LogP contribution in [0.15, 0.2) is 0 Å². The molecule has 0 aromatic rings. The van der Waals surface area contributed by atoms with E-state index in [4.69, 9.17) is 0 Å². The SMILES string of the molecule is C=S(C)(=O)C1(CC(C)(C)C)CC1. The van der Waals surface area contributed by atoms with E-state index < -0.39 is 9.52 Å². The topological polar surface area (TPSA) is 17.1 Å². The van der Waals surface area contributed by atoms with Crippen molar-refractivity contribution in [3.63, 3.8) is 0 Å². The highest BCUT2D eigenvalue weighted by molar-refractivity contribution is 8.01. The Labute approximate surface area is 76.6 Å². The Morgan fingerprint density at radius 3 is 1.92 bits per heavy atom. The molecule has 1 aliphatic carbocycles. The molecule has 0 aromatic heterocycles. The molecule has 2 heteroatoms. The van der Waals surface area contributed by atoms with Crippen LogP contribution >= 0.6 is 0 Å². The summed E-state index contributed by atoms with van der Waals surface area (Å²) in [5.74, 6) is 3.82. The van der Waals surface area contributed by atoms with Crippen molar-refractivity contribution in [1.82, 2.24) is 0 Å². The maximum absolute atomic E-state index is 11.8. The third kappa shape index (κ3) is 2.03. The molecule has 12 heavy (non-hydrogen) atoms. The van der Waals surface area contributed by atoms with Crippen molar-refractivity contribution in [2.45, 2.75) is 44.8 Å². The van der Waals surface area contributed by atoms with Crippen LogP contribution in [0.5, 0.6) is 0 Å². The summed E-state index contributed by atoms with van der Waals surface area (Å²) in [5.41, 5.74) is 0.285. The van der Waals surface area contributed by atoms with Crippen LogP contribution < -0.4 is 0 Å². The molecule has 0 N–H and O–H groups in total. The molecule has 1 unspecified atom stereocenters. The molecule has 0 saturated heterocycles. The van der Waals surface area contributed by atoms with Gasteiger partial charge in [-0.05, 0) is 40.1 Å². The first-order valence-electron chi connectivity index (χ1n) is 4.48. The molecule has 0 bridgehead atoms. The lowest BCUT2D eigenvalue weighted by atomic mass is 9.89. The van der Waals surface area contributed by atoms with Crippen LogP contribution in [0.25, 0.3) is 0 Å². The molecule has 1 nitrogen and oxygen atoms in total. The molecule has 0 radical (unpaired) electrons. The Bertz CT molecular complexity index is 263. The van der Waals surface area contributed by atoms with Gasteiger partial charge < -0.3 is 0 Å². The van der Waals surface area contributed by atoms with Crippen molar-refractivity contribution < 1.29 is 4.21 Å². The highest BCUT2D eigenvalue weighted by Gasteiger charge is 2.49. The minimum absolute atomic E-state index is 0.0885. The summed E-state index contributed by atoms with van der Waals surface area (Å²) < 4.78 is 11.9. The van der Waals surface area contributed by atoms with Crippen LogP contribution in [0.1, 0.15) is 40.0 Å². The lowest BCUT2D eigenvalue weighted by molar-refractivity contribution is 0.363. The van der Waals surface area contributed by atoms with Gasteiger partial charge in [0.2, 0.25) is 0 Å². The minimum atomic E-state index is -1.82. The van der Waals surface area contributed by atoms with Crippen LogP contribution in [-0.4, -0.2) is 21.1 Å². The van der Waals surface area contributed by atoms with Crippen molar-refractivity contribution in [3.05, 3.63) is 0 Å². The summed E-state index contributed by atoms with van der Waals surface area (Å²) in [7, 11) is -1.82. The Kier molecular flexibility index (Phi) is 2.11. The van der Waals surface area contributed by atoms with Gasteiger partial charge in [-0.2, -0.15) is 0 Å². The molecule has 1 aliphatic rings. The van der Waals surface area contributed by atoms with Crippen molar-refractivity contribution in [1.29, 1.82) is 0 Å². The normalized spacial score (nSPS) is 26.3. The molecule has 0 aliphatic heterocycles. The van der Waals surface area contributed by atoms with Gasteiger partial charge in [-0.1, -0.05) is 20.8 Å². The maximum atomic E-state index is 11.8. The minimum Gasteiger partial charge on any atom is -0.268 e. The average Bonchev–Trinajstić information content (AvgIpc) is 2.39. The van der Waals surface area contributed by atoms with E-state index in [0.717, 1.165) is 19.3 Å². The van der Waals surface area contributed by atoms with Gasteiger partial charge in [0.1, 0.15) is 0 Å². The molecule has 0 spiro atoms. The summed E-state index contributed by atoms with van der Waals surface area (Å²) in [6, 6.07) is 0. The van der Waals surface area contributed by atoms with Crippen molar-refractivity contribution in [2.24, 2.45) is 5.41 Å². The second kappa shape index (κ2) is 2.50. The van der Waals surface area contributed by atoms with E-state index in [-0.39, 0.29) is 10.2 Å². The van der Waals surface area contributed by atoms with E-state index in [0.29, 0.717) is 0 Å². The highest BCUT2D eigenvalue weighted by atomic mass is 32.2. The fourth-order valence-electron chi connectivity index (χ4n) is 1.87. The lowest BCUT2D eigenvalue weighted by Crippen LogP contribution is -2.27. The van der Waals surface area contributed by atoms with Gasteiger partial charge in [0.25, 0.3) is 0 Å². The first-order chi connectivity index (χ1) is 5.16. The fraction of sp³-hybridized carbons (Fsp3) is 0.900. The standard InChI is InChI=1S/C10H20OS/c1-9(2,3)8-10(6-7-10)12(4,5)11/h4,6-8H2,1-3,5H3. The van der Waals surface area contributed by atoms with Gasteiger partial charge in [0, 0.05) is 11.0 Å². The second-order valence-corrected chi connectivity index (χ2v) is 8.30. The van der Waals surface area contributed by atoms with E-state index >= 15 is 0 Å². The summed E-state index contributed by atoms with van der Waals surface area (Å²) in [5, 5.41) is 0.